The predicted octanol–water partition coefficient (Wildman–Crippen LogP) is 2.96. The monoisotopic (exact) mass is 383 g/mol. The molecule has 0 aliphatic heterocycles. The van der Waals surface area contributed by atoms with Crippen molar-refractivity contribution in [3.05, 3.63) is 52.3 Å². The van der Waals surface area contributed by atoms with Gasteiger partial charge in [-0.05, 0) is 31.5 Å². The molecule has 1 N–H and O–H groups in total. The summed E-state index contributed by atoms with van der Waals surface area (Å²) in [7, 11) is 1.58. The molecule has 1 heterocycles. The van der Waals surface area contributed by atoms with E-state index in [-0.39, 0.29) is 24.4 Å². The minimum Gasteiger partial charge on any atom is -0.478 e. The Balaban J connectivity index is 2.07. The number of nitrogens with zero attached hydrogens (tertiary/aromatic N) is 3. The van der Waals surface area contributed by atoms with Gasteiger partial charge in [0.25, 0.3) is 0 Å². The maximum atomic E-state index is 12.6. The predicted molar refractivity (Wildman–Crippen MR) is 91.3 cm³/mol. The third-order valence-corrected chi connectivity index (χ3v) is 4.23. The number of carboxylic acid groups (broad SMARTS) is 1. The number of carbonyl (C=O) groups excluding carboxylic acids is 1. The van der Waals surface area contributed by atoms with Crippen LogP contribution in [0.5, 0.6) is 0 Å². The molecule has 2 aromatic rings. The summed E-state index contributed by atoms with van der Waals surface area (Å²) in [6.45, 7) is 2.15. The third kappa shape index (κ3) is 5.32. The number of amides is 1. The molecular formula is C18H20F3N3O3. The SMILES string of the molecule is Cc1nn(CC(F)(F)F)c(C)c1CC(=O)N(C)Cc1ccc(C(=O)O)cc1. The number of hydrogen-bond donors (Lipinski definition) is 1. The zero-order valence-corrected chi connectivity index (χ0v) is 15.2. The molecule has 0 radical (unpaired) electrons. The van der Waals surface area contributed by atoms with E-state index < -0.39 is 18.7 Å². The van der Waals surface area contributed by atoms with E-state index in [2.05, 4.69) is 5.10 Å². The molecule has 0 bridgehead atoms. The molecule has 0 unspecified atom stereocenters. The number of aromatic nitrogens is 2. The second-order valence-corrected chi connectivity index (χ2v) is 6.35. The minimum absolute atomic E-state index is 0.0563. The number of aromatic carboxylic acids is 1. The van der Waals surface area contributed by atoms with E-state index >= 15 is 0 Å². The first-order valence-electron chi connectivity index (χ1n) is 8.13. The van der Waals surface area contributed by atoms with Crippen molar-refractivity contribution in [3.8, 4) is 0 Å². The van der Waals surface area contributed by atoms with Gasteiger partial charge in [0.15, 0.2) is 0 Å². The van der Waals surface area contributed by atoms with E-state index in [4.69, 9.17) is 5.11 Å². The Bertz CT molecular complexity index is 842. The maximum Gasteiger partial charge on any atom is 0.408 e. The van der Waals surface area contributed by atoms with Crippen molar-refractivity contribution in [1.29, 1.82) is 0 Å². The Labute approximate surface area is 154 Å². The van der Waals surface area contributed by atoms with Crippen LogP contribution >= 0.6 is 0 Å². The van der Waals surface area contributed by atoms with Crippen LogP contribution in [0.2, 0.25) is 0 Å². The summed E-state index contributed by atoms with van der Waals surface area (Å²) in [5.41, 5.74) is 2.09. The van der Waals surface area contributed by atoms with Gasteiger partial charge in [-0.1, -0.05) is 12.1 Å². The molecule has 1 aromatic heterocycles. The fourth-order valence-corrected chi connectivity index (χ4v) is 2.71. The van der Waals surface area contributed by atoms with Gasteiger partial charge in [0, 0.05) is 24.8 Å². The Morgan fingerprint density at radius 2 is 1.78 bits per heavy atom. The van der Waals surface area contributed by atoms with Gasteiger partial charge in [-0.2, -0.15) is 18.3 Å². The van der Waals surface area contributed by atoms with Crippen LogP contribution in [0.25, 0.3) is 0 Å². The van der Waals surface area contributed by atoms with Crippen molar-refractivity contribution >= 4 is 11.9 Å². The molecule has 6 nitrogen and oxygen atoms in total. The number of carbonyl (C=O) groups is 2. The summed E-state index contributed by atoms with van der Waals surface area (Å²) in [5, 5.41) is 12.8. The summed E-state index contributed by atoms with van der Waals surface area (Å²) in [5.74, 6) is -1.30. The summed E-state index contributed by atoms with van der Waals surface area (Å²) >= 11 is 0. The van der Waals surface area contributed by atoms with Crippen LogP contribution in [0.15, 0.2) is 24.3 Å². The van der Waals surface area contributed by atoms with Crippen molar-refractivity contribution in [1.82, 2.24) is 14.7 Å². The highest BCUT2D eigenvalue weighted by Gasteiger charge is 2.30. The molecule has 1 aromatic carbocycles. The topological polar surface area (TPSA) is 75.4 Å². The van der Waals surface area contributed by atoms with E-state index in [0.717, 1.165) is 10.2 Å². The molecule has 0 aliphatic rings. The first-order valence-corrected chi connectivity index (χ1v) is 8.13. The van der Waals surface area contributed by atoms with Gasteiger partial charge in [-0.25, -0.2) is 4.79 Å². The number of carboxylic acids is 1. The molecule has 0 atom stereocenters. The van der Waals surface area contributed by atoms with Gasteiger partial charge in [0.1, 0.15) is 6.54 Å². The summed E-state index contributed by atoms with van der Waals surface area (Å²) < 4.78 is 38.7. The quantitative estimate of drug-likeness (QED) is 0.832. The summed E-state index contributed by atoms with van der Waals surface area (Å²) in [4.78, 5) is 24.8. The number of alkyl halides is 3. The number of hydrogen-bond acceptors (Lipinski definition) is 3. The van der Waals surface area contributed by atoms with Crippen LogP contribution in [0, 0.1) is 13.8 Å². The molecule has 1 amide bonds. The molecule has 9 heteroatoms. The largest absolute Gasteiger partial charge is 0.478 e. The van der Waals surface area contributed by atoms with E-state index in [9.17, 15) is 22.8 Å². The first-order chi connectivity index (χ1) is 12.5. The zero-order valence-electron chi connectivity index (χ0n) is 15.2. The van der Waals surface area contributed by atoms with Crippen molar-refractivity contribution in [2.75, 3.05) is 7.05 Å². The lowest BCUT2D eigenvalue weighted by Gasteiger charge is -2.17. The van der Waals surface area contributed by atoms with Gasteiger partial charge < -0.3 is 10.0 Å². The van der Waals surface area contributed by atoms with Crippen LogP contribution in [-0.2, 0) is 24.3 Å². The van der Waals surface area contributed by atoms with E-state index in [1.165, 1.54) is 24.0 Å². The number of rotatable bonds is 6. The number of likely N-dealkylation sites (N-methyl/N-ethyl adjacent to an activating group) is 1. The smallest absolute Gasteiger partial charge is 0.408 e. The number of aryl methyl sites for hydroxylation is 1. The van der Waals surface area contributed by atoms with Crippen LogP contribution < -0.4 is 0 Å². The van der Waals surface area contributed by atoms with E-state index in [1.807, 2.05) is 0 Å². The molecule has 2 rings (SSSR count). The van der Waals surface area contributed by atoms with Crippen molar-refractivity contribution < 1.29 is 27.9 Å². The zero-order chi connectivity index (χ0) is 20.4. The summed E-state index contributed by atoms with van der Waals surface area (Å²) in [6, 6.07) is 6.13. The van der Waals surface area contributed by atoms with Crippen LogP contribution in [0.3, 0.4) is 0 Å². The molecular weight excluding hydrogens is 363 g/mol. The minimum atomic E-state index is -4.39. The Kier molecular flexibility index (Phi) is 5.92. The lowest BCUT2D eigenvalue weighted by Crippen LogP contribution is -2.28. The Morgan fingerprint density at radius 1 is 1.19 bits per heavy atom. The maximum absolute atomic E-state index is 12.6. The van der Waals surface area contributed by atoms with Crippen molar-refractivity contribution in [2.45, 2.75) is 39.5 Å². The molecule has 146 valence electrons. The molecule has 0 saturated carbocycles. The van der Waals surface area contributed by atoms with Gasteiger partial charge in [-0.15, -0.1) is 0 Å². The number of benzene rings is 1. The molecule has 0 spiro atoms. The average molecular weight is 383 g/mol. The average Bonchev–Trinajstić information content (AvgIpc) is 2.81. The van der Waals surface area contributed by atoms with Crippen LogP contribution in [0.4, 0.5) is 13.2 Å². The molecule has 0 saturated heterocycles. The van der Waals surface area contributed by atoms with Crippen molar-refractivity contribution in [3.63, 3.8) is 0 Å². The highest BCUT2D eigenvalue weighted by Crippen LogP contribution is 2.21. The highest BCUT2D eigenvalue weighted by molar-refractivity contribution is 5.87. The van der Waals surface area contributed by atoms with E-state index in [1.54, 1.807) is 26.1 Å². The lowest BCUT2D eigenvalue weighted by atomic mass is 10.1. The fraction of sp³-hybridized carbons (Fsp3) is 0.389. The molecule has 0 fully saturated rings. The number of halogens is 3. The third-order valence-electron chi connectivity index (χ3n) is 4.23. The summed E-state index contributed by atoms with van der Waals surface area (Å²) in [6.07, 6.45) is -4.44. The standard InChI is InChI=1S/C18H20F3N3O3/c1-11-15(12(2)24(22-11)10-18(19,20)21)8-16(25)23(3)9-13-4-6-14(7-5-13)17(26)27/h4-7H,8-10H2,1-3H3,(H,26,27). The van der Waals surface area contributed by atoms with Gasteiger partial charge in [-0.3, -0.25) is 9.48 Å². The second-order valence-electron chi connectivity index (χ2n) is 6.35. The first kappa shape index (κ1) is 20.5. The Hall–Kier alpha value is -2.84. The van der Waals surface area contributed by atoms with Gasteiger partial charge in [0.05, 0.1) is 17.7 Å². The second kappa shape index (κ2) is 7.81. The Morgan fingerprint density at radius 3 is 2.30 bits per heavy atom. The van der Waals surface area contributed by atoms with Crippen molar-refractivity contribution in [2.24, 2.45) is 0 Å². The van der Waals surface area contributed by atoms with E-state index in [0.29, 0.717) is 17.0 Å². The molecule has 27 heavy (non-hydrogen) atoms. The highest BCUT2D eigenvalue weighted by atomic mass is 19.4. The lowest BCUT2D eigenvalue weighted by molar-refractivity contribution is -0.143. The van der Waals surface area contributed by atoms with Gasteiger partial charge >= 0.3 is 12.1 Å². The fourth-order valence-electron chi connectivity index (χ4n) is 2.71. The van der Waals surface area contributed by atoms with Crippen LogP contribution in [-0.4, -0.2) is 44.9 Å². The molecule has 0 aliphatic carbocycles. The van der Waals surface area contributed by atoms with Gasteiger partial charge in [0.2, 0.25) is 5.91 Å². The normalized spacial score (nSPS) is 11.5. The van der Waals surface area contributed by atoms with Crippen LogP contribution in [0.1, 0.15) is 32.9 Å².